The van der Waals surface area contributed by atoms with E-state index >= 15 is 0 Å². The van der Waals surface area contributed by atoms with Gasteiger partial charge in [-0.05, 0) is 31.2 Å². The lowest BCUT2D eigenvalue weighted by molar-refractivity contribution is -0.917. The lowest BCUT2D eigenvalue weighted by Crippen LogP contribution is -3.13. The maximum Gasteiger partial charge on any atom is 0.254 e. The van der Waals surface area contributed by atoms with E-state index < -0.39 is 0 Å². The molecule has 1 heterocycles. The quantitative estimate of drug-likeness (QED) is 0.929. The van der Waals surface area contributed by atoms with Gasteiger partial charge in [-0.3, -0.25) is 4.79 Å². The van der Waals surface area contributed by atoms with Gasteiger partial charge in [-0.1, -0.05) is 29.8 Å². The van der Waals surface area contributed by atoms with E-state index in [4.69, 9.17) is 5.26 Å². The number of hydrogen-bond acceptors (Lipinski definition) is 2. The Morgan fingerprint density at radius 3 is 2.50 bits per heavy atom. The second kappa shape index (κ2) is 7.29. The van der Waals surface area contributed by atoms with E-state index in [1.807, 2.05) is 4.90 Å². The number of nitrogens with one attached hydrogen (secondary N) is 1. The molecule has 1 aliphatic heterocycles. The van der Waals surface area contributed by atoms with Gasteiger partial charge in [-0.15, -0.1) is 0 Å². The number of piperazine rings is 1. The van der Waals surface area contributed by atoms with Crippen LogP contribution in [0.3, 0.4) is 0 Å². The smallest absolute Gasteiger partial charge is 0.254 e. The summed E-state index contributed by atoms with van der Waals surface area (Å²) in [6.07, 6.45) is 0. The molecule has 4 nitrogen and oxygen atoms in total. The molecular formula is C20H22N3O+. The molecule has 122 valence electrons. The zero-order valence-electron chi connectivity index (χ0n) is 14.0. The Morgan fingerprint density at radius 2 is 1.88 bits per heavy atom. The largest absolute Gasteiger partial charge is 0.328 e. The molecule has 1 saturated heterocycles. The fraction of sp³-hybridized carbons (Fsp3) is 0.300. The molecule has 1 N–H and O–H groups in total. The maximum absolute atomic E-state index is 12.5. The van der Waals surface area contributed by atoms with Crippen LogP contribution in [-0.4, -0.2) is 37.0 Å². The Balaban J connectivity index is 1.56. The molecule has 0 radical (unpaired) electrons. The summed E-state index contributed by atoms with van der Waals surface area (Å²) >= 11 is 0. The third-order valence-corrected chi connectivity index (χ3v) is 4.56. The Bertz CT molecular complexity index is 753. The molecule has 1 amide bonds. The van der Waals surface area contributed by atoms with Crippen molar-refractivity contribution in [2.45, 2.75) is 13.5 Å². The van der Waals surface area contributed by atoms with Crippen molar-refractivity contribution in [2.24, 2.45) is 0 Å². The van der Waals surface area contributed by atoms with Gasteiger partial charge in [0.2, 0.25) is 0 Å². The first kappa shape index (κ1) is 16.2. The highest BCUT2D eigenvalue weighted by Gasteiger charge is 2.24. The molecular weight excluding hydrogens is 298 g/mol. The van der Waals surface area contributed by atoms with Gasteiger partial charge in [0.15, 0.2) is 0 Å². The molecule has 24 heavy (non-hydrogen) atoms. The van der Waals surface area contributed by atoms with Crippen LogP contribution in [0.5, 0.6) is 0 Å². The van der Waals surface area contributed by atoms with E-state index in [1.165, 1.54) is 16.0 Å². The monoisotopic (exact) mass is 320 g/mol. The summed E-state index contributed by atoms with van der Waals surface area (Å²) in [7, 11) is 0. The highest BCUT2D eigenvalue weighted by atomic mass is 16.2. The van der Waals surface area contributed by atoms with E-state index in [1.54, 1.807) is 24.3 Å². The molecule has 0 unspecified atom stereocenters. The van der Waals surface area contributed by atoms with Crippen molar-refractivity contribution >= 4 is 5.91 Å². The fourth-order valence-corrected chi connectivity index (χ4v) is 3.18. The van der Waals surface area contributed by atoms with Gasteiger partial charge in [0.25, 0.3) is 5.91 Å². The van der Waals surface area contributed by atoms with Crippen LogP contribution in [0.2, 0.25) is 0 Å². The average Bonchev–Trinajstić information content (AvgIpc) is 2.62. The first-order valence-electron chi connectivity index (χ1n) is 8.34. The number of amides is 1. The minimum Gasteiger partial charge on any atom is -0.328 e. The Morgan fingerprint density at radius 1 is 1.17 bits per heavy atom. The van der Waals surface area contributed by atoms with Crippen molar-refractivity contribution in [1.82, 2.24) is 4.90 Å². The van der Waals surface area contributed by atoms with Crippen molar-refractivity contribution in [3.05, 3.63) is 70.8 Å². The van der Waals surface area contributed by atoms with E-state index in [2.05, 4.69) is 37.3 Å². The number of nitriles is 1. The number of carbonyl (C=O) groups is 1. The van der Waals surface area contributed by atoms with Gasteiger partial charge in [0.1, 0.15) is 6.54 Å². The molecule has 2 aromatic carbocycles. The summed E-state index contributed by atoms with van der Waals surface area (Å²) < 4.78 is 0. The SMILES string of the molecule is Cc1cccc(C[NH+]2CCN(C(=O)c3ccc(C#N)cc3)CC2)c1. The minimum absolute atomic E-state index is 0.0640. The summed E-state index contributed by atoms with van der Waals surface area (Å²) in [5.41, 5.74) is 3.90. The number of quaternary nitrogens is 1. The molecule has 0 bridgehead atoms. The highest BCUT2D eigenvalue weighted by Crippen LogP contribution is 2.08. The van der Waals surface area contributed by atoms with E-state index in [0.717, 1.165) is 32.7 Å². The number of carbonyl (C=O) groups excluding carboxylic acids is 1. The highest BCUT2D eigenvalue weighted by molar-refractivity contribution is 5.94. The number of rotatable bonds is 3. The summed E-state index contributed by atoms with van der Waals surface area (Å²) in [6, 6.07) is 17.6. The lowest BCUT2D eigenvalue weighted by Gasteiger charge is -2.32. The molecule has 0 aliphatic carbocycles. The third-order valence-electron chi connectivity index (χ3n) is 4.56. The molecule has 4 heteroatoms. The van der Waals surface area contributed by atoms with Crippen LogP contribution in [0.15, 0.2) is 48.5 Å². The van der Waals surface area contributed by atoms with Gasteiger partial charge >= 0.3 is 0 Å². The lowest BCUT2D eigenvalue weighted by atomic mass is 10.1. The summed E-state index contributed by atoms with van der Waals surface area (Å²) in [5.74, 6) is 0.0640. The minimum atomic E-state index is 0.0640. The predicted octanol–water partition coefficient (Wildman–Crippen LogP) is 1.41. The third kappa shape index (κ3) is 3.81. The average molecular weight is 320 g/mol. The van der Waals surface area contributed by atoms with E-state index in [9.17, 15) is 4.79 Å². The molecule has 0 aromatic heterocycles. The van der Waals surface area contributed by atoms with Crippen molar-refractivity contribution in [2.75, 3.05) is 26.2 Å². The van der Waals surface area contributed by atoms with Gasteiger partial charge in [-0.2, -0.15) is 5.26 Å². The summed E-state index contributed by atoms with van der Waals surface area (Å²) in [5, 5.41) is 8.84. The Labute approximate surface area is 142 Å². The van der Waals surface area contributed by atoms with Gasteiger partial charge in [-0.25, -0.2) is 0 Å². The standard InChI is InChI=1S/C20H21N3O/c1-16-3-2-4-18(13-16)15-22-9-11-23(12-10-22)20(24)19-7-5-17(14-21)6-8-19/h2-8,13H,9-12,15H2,1H3/p+1. The number of benzene rings is 2. The summed E-state index contributed by atoms with van der Waals surface area (Å²) in [4.78, 5) is 16.0. The summed E-state index contributed by atoms with van der Waals surface area (Å²) in [6.45, 7) is 6.62. The number of nitrogens with zero attached hydrogens (tertiary/aromatic N) is 2. The van der Waals surface area contributed by atoms with Crippen LogP contribution < -0.4 is 4.90 Å². The number of hydrogen-bond donors (Lipinski definition) is 1. The maximum atomic E-state index is 12.5. The Kier molecular flexibility index (Phi) is 4.93. The first-order chi connectivity index (χ1) is 11.7. The molecule has 0 spiro atoms. The zero-order chi connectivity index (χ0) is 16.9. The van der Waals surface area contributed by atoms with Crippen LogP contribution in [0, 0.1) is 18.3 Å². The van der Waals surface area contributed by atoms with Crippen molar-refractivity contribution in [3.8, 4) is 6.07 Å². The molecule has 2 aromatic rings. The molecule has 0 saturated carbocycles. The van der Waals surface area contributed by atoms with Crippen molar-refractivity contribution in [1.29, 1.82) is 5.26 Å². The van der Waals surface area contributed by atoms with Crippen LogP contribution in [0.1, 0.15) is 27.0 Å². The van der Waals surface area contributed by atoms with Crippen molar-refractivity contribution < 1.29 is 9.69 Å². The van der Waals surface area contributed by atoms with Gasteiger partial charge in [0.05, 0.1) is 37.8 Å². The topological polar surface area (TPSA) is 48.5 Å². The van der Waals surface area contributed by atoms with Crippen LogP contribution >= 0.6 is 0 Å². The fourth-order valence-electron chi connectivity index (χ4n) is 3.18. The first-order valence-corrected chi connectivity index (χ1v) is 8.34. The molecule has 1 fully saturated rings. The van der Waals surface area contributed by atoms with E-state index in [-0.39, 0.29) is 5.91 Å². The van der Waals surface area contributed by atoms with Crippen molar-refractivity contribution in [3.63, 3.8) is 0 Å². The van der Waals surface area contributed by atoms with Gasteiger partial charge in [0, 0.05) is 11.1 Å². The van der Waals surface area contributed by atoms with E-state index in [0.29, 0.717) is 11.1 Å². The molecule has 1 aliphatic rings. The normalized spacial score (nSPS) is 15.1. The second-order valence-electron chi connectivity index (χ2n) is 6.40. The van der Waals surface area contributed by atoms with Gasteiger partial charge < -0.3 is 9.80 Å². The van der Waals surface area contributed by atoms with Crippen LogP contribution in [0.25, 0.3) is 0 Å². The molecule has 0 atom stereocenters. The predicted molar refractivity (Wildman–Crippen MR) is 92.6 cm³/mol. The zero-order valence-corrected chi connectivity index (χ0v) is 14.0. The number of aryl methyl sites for hydroxylation is 1. The Hall–Kier alpha value is -2.64. The second-order valence-corrected chi connectivity index (χ2v) is 6.40. The van der Waals surface area contributed by atoms with Crippen LogP contribution in [-0.2, 0) is 6.54 Å². The molecule has 3 rings (SSSR count). The van der Waals surface area contributed by atoms with Crippen LogP contribution in [0.4, 0.5) is 0 Å².